The Hall–Kier alpha value is -1.08. The van der Waals surface area contributed by atoms with Gasteiger partial charge in [0.05, 0.1) is 24.9 Å². The normalized spacial score (nSPS) is 37.2. The first kappa shape index (κ1) is 11.4. The Labute approximate surface area is 96.9 Å². The second-order valence-electron chi connectivity index (χ2n) is 5.19. The lowest BCUT2D eigenvalue weighted by atomic mass is 9.51. The van der Waals surface area contributed by atoms with Crippen LogP contribution in [0.2, 0.25) is 5.31 Å². The lowest BCUT2D eigenvalue weighted by Gasteiger charge is -2.50. The molecule has 1 saturated heterocycles. The summed E-state index contributed by atoms with van der Waals surface area (Å²) in [5.41, 5.74) is -0.538. The number of allylic oxidation sites excluding steroid dienone is 1. The summed E-state index contributed by atoms with van der Waals surface area (Å²) in [6.45, 7) is 4.24. The molecule has 0 bridgehead atoms. The predicted octanol–water partition coefficient (Wildman–Crippen LogP) is 1.55. The number of Topliss-reactive ketones (excluding diaryl/α,β-unsaturated/α-hetero) is 1. The van der Waals surface area contributed by atoms with Gasteiger partial charge in [-0.05, 0) is 18.2 Å². The number of hydrogen-bond donors (Lipinski definition) is 0. The number of carbonyl (C=O) groups is 1. The molecule has 16 heavy (non-hydrogen) atoms. The predicted molar refractivity (Wildman–Crippen MR) is 59.9 cm³/mol. The third kappa shape index (κ3) is 1.42. The molecule has 0 saturated carbocycles. The summed E-state index contributed by atoms with van der Waals surface area (Å²) in [6.07, 6.45) is 2.91. The van der Waals surface area contributed by atoms with Gasteiger partial charge in [0.1, 0.15) is 6.07 Å². The average molecular weight is 215 g/mol. The minimum atomic E-state index is -0.713. The molecule has 1 fully saturated rings. The fraction of sp³-hybridized carbons (Fsp3) is 0.667. The van der Waals surface area contributed by atoms with Crippen molar-refractivity contribution in [2.45, 2.75) is 38.1 Å². The van der Waals surface area contributed by atoms with E-state index in [-0.39, 0.29) is 17.5 Å². The van der Waals surface area contributed by atoms with Crippen molar-refractivity contribution in [1.82, 2.24) is 0 Å². The van der Waals surface area contributed by atoms with Gasteiger partial charge < -0.3 is 4.74 Å². The third-order valence-corrected chi connectivity index (χ3v) is 3.55. The number of rotatable bonds is 0. The zero-order chi connectivity index (χ0) is 12.0. The van der Waals surface area contributed by atoms with Crippen LogP contribution in [0.25, 0.3) is 0 Å². The highest BCUT2D eigenvalue weighted by Gasteiger charge is 2.52. The second kappa shape index (κ2) is 3.46. The zero-order valence-corrected chi connectivity index (χ0v) is 9.62. The average Bonchev–Trinajstić information content (AvgIpc) is 2.24. The monoisotopic (exact) mass is 215 g/mol. The van der Waals surface area contributed by atoms with E-state index in [1.165, 1.54) is 0 Å². The third-order valence-electron chi connectivity index (χ3n) is 3.55. The van der Waals surface area contributed by atoms with Crippen LogP contribution in [-0.2, 0) is 9.53 Å². The zero-order valence-electron chi connectivity index (χ0n) is 9.62. The SMILES string of the molecule is [B][C@@]12C=C(C#N)C(=O)C(C)(C)[C@H]1OCCC2. The first-order valence-corrected chi connectivity index (χ1v) is 5.50. The summed E-state index contributed by atoms with van der Waals surface area (Å²) >= 11 is 0. The van der Waals surface area contributed by atoms with E-state index in [1.807, 2.05) is 6.07 Å². The smallest absolute Gasteiger partial charge is 0.181 e. The van der Waals surface area contributed by atoms with Crippen LogP contribution in [0, 0.1) is 16.7 Å². The van der Waals surface area contributed by atoms with Gasteiger partial charge >= 0.3 is 0 Å². The van der Waals surface area contributed by atoms with E-state index in [1.54, 1.807) is 19.9 Å². The van der Waals surface area contributed by atoms with Gasteiger partial charge in [0, 0.05) is 6.61 Å². The molecule has 0 spiro atoms. The van der Waals surface area contributed by atoms with Crippen molar-refractivity contribution < 1.29 is 9.53 Å². The van der Waals surface area contributed by atoms with E-state index < -0.39 is 10.7 Å². The number of ether oxygens (including phenoxy) is 1. The molecule has 0 aromatic carbocycles. The van der Waals surface area contributed by atoms with Crippen LogP contribution in [0.4, 0.5) is 0 Å². The number of hydrogen-bond acceptors (Lipinski definition) is 3. The maximum absolute atomic E-state index is 12.0. The van der Waals surface area contributed by atoms with E-state index >= 15 is 0 Å². The van der Waals surface area contributed by atoms with Crippen molar-refractivity contribution in [3.05, 3.63) is 11.6 Å². The molecular weight excluding hydrogens is 201 g/mol. The van der Waals surface area contributed by atoms with E-state index in [0.29, 0.717) is 6.61 Å². The quantitative estimate of drug-likeness (QED) is 0.576. The number of fused-ring (bicyclic) bond motifs is 1. The number of carbonyl (C=O) groups excluding carboxylic acids is 1. The molecule has 4 heteroatoms. The Kier molecular flexibility index (Phi) is 2.47. The van der Waals surface area contributed by atoms with Crippen molar-refractivity contribution in [3.8, 4) is 6.07 Å². The van der Waals surface area contributed by atoms with Crippen LogP contribution in [0.1, 0.15) is 26.7 Å². The summed E-state index contributed by atoms with van der Waals surface area (Å²) in [7, 11) is 6.26. The van der Waals surface area contributed by atoms with Gasteiger partial charge in [-0.3, -0.25) is 4.79 Å². The fourth-order valence-electron chi connectivity index (χ4n) is 2.78. The van der Waals surface area contributed by atoms with Gasteiger partial charge in [-0.2, -0.15) is 5.26 Å². The van der Waals surface area contributed by atoms with Gasteiger partial charge in [0.15, 0.2) is 5.78 Å². The number of nitrogens with zero attached hydrogens (tertiary/aromatic N) is 1. The lowest BCUT2D eigenvalue weighted by molar-refractivity contribution is -0.139. The lowest BCUT2D eigenvalue weighted by Crippen LogP contribution is -2.52. The molecule has 2 rings (SSSR count). The van der Waals surface area contributed by atoms with Gasteiger partial charge in [-0.1, -0.05) is 19.9 Å². The molecule has 2 radical (unpaired) electrons. The topological polar surface area (TPSA) is 50.1 Å². The van der Waals surface area contributed by atoms with Crippen LogP contribution < -0.4 is 0 Å². The van der Waals surface area contributed by atoms with Crippen molar-refractivity contribution in [3.63, 3.8) is 0 Å². The van der Waals surface area contributed by atoms with Crippen LogP contribution in [0.15, 0.2) is 11.6 Å². The molecule has 2 atom stereocenters. The summed E-state index contributed by atoms with van der Waals surface area (Å²) in [4.78, 5) is 12.0. The van der Waals surface area contributed by atoms with E-state index in [2.05, 4.69) is 0 Å². The molecule has 0 aromatic heterocycles. The van der Waals surface area contributed by atoms with Crippen LogP contribution >= 0.6 is 0 Å². The summed E-state index contributed by atoms with van der Waals surface area (Å²) < 4.78 is 5.66. The van der Waals surface area contributed by atoms with Crippen LogP contribution in [0.5, 0.6) is 0 Å². The minimum Gasteiger partial charge on any atom is -0.377 e. The van der Waals surface area contributed by atoms with E-state index in [9.17, 15) is 4.79 Å². The van der Waals surface area contributed by atoms with Gasteiger partial charge in [-0.25, -0.2) is 0 Å². The summed E-state index contributed by atoms with van der Waals surface area (Å²) in [6, 6.07) is 1.94. The first-order valence-electron chi connectivity index (χ1n) is 5.50. The van der Waals surface area contributed by atoms with E-state index in [0.717, 1.165) is 12.8 Å². The number of nitriles is 1. The van der Waals surface area contributed by atoms with Crippen molar-refractivity contribution in [2.24, 2.45) is 5.41 Å². The molecule has 1 aliphatic carbocycles. The Balaban J connectivity index is 2.53. The Morgan fingerprint density at radius 2 is 2.31 bits per heavy atom. The largest absolute Gasteiger partial charge is 0.377 e. The van der Waals surface area contributed by atoms with Crippen LogP contribution in [-0.4, -0.2) is 26.3 Å². The van der Waals surface area contributed by atoms with Crippen LogP contribution in [0.3, 0.4) is 0 Å². The van der Waals surface area contributed by atoms with Crippen molar-refractivity contribution in [1.29, 1.82) is 5.26 Å². The summed E-state index contributed by atoms with van der Waals surface area (Å²) in [5.74, 6) is -0.164. The molecular formula is C12H14BNO2. The first-order chi connectivity index (χ1) is 7.42. The number of ketones is 1. The molecule has 1 aliphatic heterocycles. The highest BCUT2D eigenvalue weighted by Crippen LogP contribution is 2.52. The molecule has 2 aliphatic rings. The minimum absolute atomic E-state index is 0.164. The van der Waals surface area contributed by atoms with Crippen molar-refractivity contribution in [2.75, 3.05) is 6.61 Å². The highest BCUT2D eigenvalue weighted by molar-refractivity contribution is 6.20. The summed E-state index contributed by atoms with van der Waals surface area (Å²) in [5, 5.41) is 8.30. The Morgan fingerprint density at radius 3 is 2.94 bits per heavy atom. The molecule has 0 amide bonds. The van der Waals surface area contributed by atoms with Gasteiger partial charge in [-0.15, -0.1) is 0 Å². The molecule has 3 nitrogen and oxygen atoms in total. The fourth-order valence-corrected chi connectivity index (χ4v) is 2.78. The van der Waals surface area contributed by atoms with Gasteiger partial charge in [0.2, 0.25) is 0 Å². The van der Waals surface area contributed by atoms with Crippen molar-refractivity contribution >= 4 is 13.6 Å². The Morgan fingerprint density at radius 1 is 1.62 bits per heavy atom. The highest BCUT2D eigenvalue weighted by atomic mass is 16.5. The molecule has 0 unspecified atom stereocenters. The molecule has 0 N–H and O–H groups in total. The maximum Gasteiger partial charge on any atom is 0.181 e. The maximum atomic E-state index is 12.0. The van der Waals surface area contributed by atoms with E-state index in [4.69, 9.17) is 17.8 Å². The molecule has 0 aromatic rings. The molecule has 82 valence electrons. The second-order valence-corrected chi connectivity index (χ2v) is 5.19. The molecule has 1 heterocycles. The standard InChI is InChI=1S/C12H14BNO2/c1-11(2)9(15)8(7-14)6-12(13)4-3-5-16-10(11)12/h6,10H,3-5H2,1-2H3/t10-,12+/m1/s1. The van der Waals surface area contributed by atoms with Gasteiger partial charge in [0.25, 0.3) is 0 Å². The Bertz CT molecular complexity index is 408.